The second-order valence-corrected chi connectivity index (χ2v) is 9.66. The minimum Gasteiger partial charge on any atom is -0.493 e. The van der Waals surface area contributed by atoms with Crippen molar-refractivity contribution >= 4 is 32.5 Å². The zero-order valence-corrected chi connectivity index (χ0v) is 22.2. The first kappa shape index (κ1) is 23.4. The molecule has 0 amide bonds. The van der Waals surface area contributed by atoms with Crippen LogP contribution in [0, 0.1) is 0 Å². The Labute approximate surface area is 229 Å². The molecule has 1 aliphatic heterocycles. The smallest absolute Gasteiger partial charge is 0.344 e. The summed E-state index contributed by atoms with van der Waals surface area (Å²) < 4.78 is 25.5. The maximum Gasteiger partial charge on any atom is 0.344 e. The zero-order valence-electron chi connectivity index (χ0n) is 20.6. The van der Waals surface area contributed by atoms with Gasteiger partial charge in [0.25, 0.3) is 0 Å². The monoisotopic (exact) mass is 583 g/mol. The van der Waals surface area contributed by atoms with Gasteiger partial charge in [0.2, 0.25) is 5.88 Å². The second-order valence-electron chi connectivity index (χ2n) is 8.81. The molecular weight excluding hydrogens is 566 g/mol. The number of ether oxygens (including phenoxy) is 3. The summed E-state index contributed by atoms with van der Waals surface area (Å²) >= 11 is 3.59. The molecule has 0 radical (unpaired) electrons. The second kappa shape index (κ2) is 8.91. The van der Waals surface area contributed by atoms with Crippen LogP contribution < -0.4 is 19.8 Å². The van der Waals surface area contributed by atoms with Gasteiger partial charge in [-0.25, -0.2) is 19.3 Å². The normalized spacial score (nSPS) is 14.1. The predicted octanol–water partition coefficient (Wildman–Crippen LogP) is 5.36. The molecule has 6 aromatic rings. The number of methoxy groups -OCH3 is 2. The van der Waals surface area contributed by atoms with E-state index in [1.165, 1.54) is 0 Å². The van der Waals surface area contributed by atoms with Gasteiger partial charge in [0.1, 0.15) is 11.9 Å². The number of hydrogen-bond donors (Lipinski definition) is 0. The van der Waals surface area contributed by atoms with Gasteiger partial charge in [-0.3, -0.25) is 4.98 Å². The first-order valence-electron chi connectivity index (χ1n) is 11.9. The van der Waals surface area contributed by atoms with Crippen molar-refractivity contribution in [3.63, 3.8) is 0 Å². The van der Waals surface area contributed by atoms with Gasteiger partial charge < -0.3 is 18.6 Å². The summed E-state index contributed by atoms with van der Waals surface area (Å²) in [5.74, 6) is 1.49. The molecule has 5 heterocycles. The minimum atomic E-state index is -0.678. The van der Waals surface area contributed by atoms with Crippen LogP contribution in [0.5, 0.6) is 23.1 Å². The molecule has 4 aromatic heterocycles. The van der Waals surface area contributed by atoms with E-state index in [4.69, 9.17) is 23.6 Å². The van der Waals surface area contributed by atoms with Crippen LogP contribution in [-0.4, -0.2) is 38.8 Å². The van der Waals surface area contributed by atoms with Crippen molar-refractivity contribution in [3.8, 4) is 34.5 Å². The standard InChI is InChI=1S/C28H18BrN5O5/c1-36-19-11-15(10-17(29)24(19)37-2)20-21-23(16-7-3-4-8-18(16)38-28(21)35)39-27-22(20)26-32-25(33-34(26)13-31-27)14-6-5-9-30-12-14/h3-13,20H,1-2H3. The molecule has 0 saturated heterocycles. The summed E-state index contributed by atoms with van der Waals surface area (Å²) in [5.41, 5.74) is 2.71. The molecule has 0 saturated carbocycles. The zero-order chi connectivity index (χ0) is 26.7. The van der Waals surface area contributed by atoms with Crippen molar-refractivity contribution in [2.24, 2.45) is 0 Å². The lowest BCUT2D eigenvalue weighted by Gasteiger charge is -2.28. The van der Waals surface area contributed by atoms with Crippen molar-refractivity contribution < 1.29 is 18.6 Å². The predicted molar refractivity (Wildman–Crippen MR) is 145 cm³/mol. The van der Waals surface area contributed by atoms with Crippen LogP contribution in [0.3, 0.4) is 0 Å². The van der Waals surface area contributed by atoms with Gasteiger partial charge >= 0.3 is 5.63 Å². The van der Waals surface area contributed by atoms with Crippen LogP contribution in [-0.2, 0) is 0 Å². The number of para-hydroxylation sites is 1. The van der Waals surface area contributed by atoms with Crippen molar-refractivity contribution in [2.45, 2.75) is 5.92 Å². The van der Waals surface area contributed by atoms with Gasteiger partial charge in [0, 0.05) is 18.0 Å². The van der Waals surface area contributed by atoms with Gasteiger partial charge in [-0.2, -0.15) is 0 Å². The van der Waals surface area contributed by atoms with Crippen LogP contribution in [0.25, 0.3) is 28.0 Å². The summed E-state index contributed by atoms with van der Waals surface area (Å²) in [4.78, 5) is 27.2. The summed E-state index contributed by atoms with van der Waals surface area (Å²) in [6.07, 6.45) is 4.91. The molecule has 192 valence electrons. The molecule has 39 heavy (non-hydrogen) atoms. The number of fused-ring (bicyclic) bond motifs is 6. The lowest BCUT2D eigenvalue weighted by molar-refractivity contribution is 0.352. The fraction of sp³-hybridized carbons (Fsp3) is 0.107. The quantitative estimate of drug-likeness (QED) is 0.252. The largest absolute Gasteiger partial charge is 0.493 e. The lowest BCUT2D eigenvalue weighted by atomic mass is 9.84. The third-order valence-electron chi connectivity index (χ3n) is 6.67. The summed E-state index contributed by atoms with van der Waals surface area (Å²) in [5, 5.41) is 5.27. The molecule has 0 N–H and O–H groups in total. The third kappa shape index (κ3) is 3.57. The Bertz CT molecular complexity index is 1970. The molecule has 11 heteroatoms. The fourth-order valence-electron chi connectivity index (χ4n) is 4.98. The molecule has 0 spiro atoms. The Kier molecular flexibility index (Phi) is 5.34. The van der Waals surface area contributed by atoms with E-state index in [9.17, 15) is 4.79 Å². The number of rotatable bonds is 4. The first-order valence-corrected chi connectivity index (χ1v) is 12.7. The molecule has 0 fully saturated rings. The van der Waals surface area contributed by atoms with Gasteiger partial charge in [0.05, 0.1) is 41.1 Å². The Morgan fingerprint density at radius 2 is 1.92 bits per heavy atom. The Hall–Kier alpha value is -4.77. The molecule has 0 aliphatic carbocycles. The molecule has 10 nitrogen and oxygen atoms in total. The van der Waals surface area contributed by atoms with E-state index < -0.39 is 11.5 Å². The Morgan fingerprint density at radius 1 is 1.05 bits per heavy atom. The number of halogens is 1. The van der Waals surface area contributed by atoms with Crippen LogP contribution >= 0.6 is 15.9 Å². The summed E-state index contributed by atoms with van der Waals surface area (Å²) in [6, 6.07) is 14.6. The van der Waals surface area contributed by atoms with E-state index in [0.29, 0.717) is 66.7 Å². The van der Waals surface area contributed by atoms with Gasteiger partial charge in [0.15, 0.2) is 28.7 Å². The van der Waals surface area contributed by atoms with Gasteiger partial charge in [-0.15, -0.1) is 5.10 Å². The molecule has 2 aromatic carbocycles. The van der Waals surface area contributed by atoms with E-state index in [0.717, 1.165) is 5.56 Å². The van der Waals surface area contributed by atoms with Gasteiger partial charge in [-0.05, 0) is 57.9 Å². The highest BCUT2D eigenvalue weighted by Crippen LogP contribution is 2.50. The highest BCUT2D eigenvalue weighted by Gasteiger charge is 2.38. The lowest BCUT2D eigenvalue weighted by Crippen LogP contribution is -2.22. The van der Waals surface area contributed by atoms with Crippen molar-refractivity contribution in [3.05, 3.63) is 98.8 Å². The van der Waals surface area contributed by atoms with Crippen molar-refractivity contribution in [2.75, 3.05) is 14.2 Å². The fourth-order valence-corrected chi connectivity index (χ4v) is 5.61. The van der Waals surface area contributed by atoms with Crippen molar-refractivity contribution in [1.29, 1.82) is 0 Å². The molecule has 1 unspecified atom stereocenters. The number of aromatic nitrogens is 5. The number of nitrogens with zero attached hydrogens (tertiary/aromatic N) is 5. The van der Waals surface area contributed by atoms with E-state index in [-0.39, 0.29) is 0 Å². The van der Waals surface area contributed by atoms with E-state index in [2.05, 4.69) is 31.0 Å². The van der Waals surface area contributed by atoms with Crippen LogP contribution in [0.2, 0.25) is 0 Å². The maximum absolute atomic E-state index is 13.6. The van der Waals surface area contributed by atoms with Gasteiger partial charge in [-0.1, -0.05) is 12.1 Å². The van der Waals surface area contributed by atoms with E-state index in [1.54, 1.807) is 49.6 Å². The number of pyridine rings is 1. The highest BCUT2D eigenvalue weighted by molar-refractivity contribution is 9.10. The number of hydrogen-bond acceptors (Lipinski definition) is 9. The number of benzene rings is 2. The summed E-state index contributed by atoms with van der Waals surface area (Å²) in [7, 11) is 3.12. The molecule has 0 bridgehead atoms. The van der Waals surface area contributed by atoms with Crippen molar-refractivity contribution in [1.82, 2.24) is 24.6 Å². The van der Waals surface area contributed by atoms with Crippen LogP contribution in [0.15, 0.2) is 80.9 Å². The van der Waals surface area contributed by atoms with Crippen LogP contribution in [0.1, 0.15) is 22.6 Å². The Balaban J connectivity index is 1.57. The van der Waals surface area contributed by atoms with E-state index in [1.807, 2.05) is 36.4 Å². The summed E-state index contributed by atoms with van der Waals surface area (Å²) in [6.45, 7) is 0. The molecule has 1 atom stereocenters. The third-order valence-corrected chi connectivity index (χ3v) is 7.26. The topological polar surface area (TPSA) is 114 Å². The average Bonchev–Trinajstić information content (AvgIpc) is 3.41. The molecule has 1 aliphatic rings. The maximum atomic E-state index is 13.6. The average molecular weight is 584 g/mol. The molecule has 7 rings (SSSR count). The minimum absolute atomic E-state index is 0.312. The SMILES string of the molecule is COc1cc(C2c3c(c4ccccc4oc3=O)Oc3ncn4nc(-c5cccnc5)nc4c32)cc(Br)c1OC. The Morgan fingerprint density at radius 3 is 2.72 bits per heavy atom. The highest BCUT2D eigenvalue weighted by atomic mass is 79.9. The van der Waals surface area contributed by atoms with Crippen LogP contribution in [0.4, 0.5) is 0 Å². The molecular formula is C28H18BrN5O5. The first-order chi connectivity index (χ1) is 19.1. The van der Waals surface area contributed by atoms with E-state index >= 15 is 0 Å².